The average Bonchev–Trinajstić information content (AvgIpc) is 2.99. The summed E-state index contributed by atoms with van der Waals surface area (Å²) >= 11 is 0. The first-order valence-electron chi connectivity index (χ1n) is 12.1. The maximum Gasteiger partial charge on any atom is 0.159 e. The van der Waals surface area contributed by atoms with Crippen LogP contribution in [0.5, 0.6) is 0 Å². The van der Waals surface area contributed by atoms with Gasteiger partial charge < -0.3 is 25.1 Å². The Morgan fingerprint density at radius 1 is 1.19 bits per heavy atom. The van der Waals surface area contributed by atoms with Crippen molar-refractivity contribution in [2.45, 2.75) is 77.1 Å². The lowest BCUT2D eigenvalue weighted by molar-refractivity contribution is -0.151. The smallest absolute Gasteiger partial charge is 0.159 e. The second-order valence-corrected chi connectivity index (χ2v) is 11.5. The van der Waals surface area contributed by atoms with Crippen LogP contribution in [0.3, 0.4) is 0 Å². The number of ketones is 1. The number of hydrogen-bond donors (Lipinski definition) is 3. The van der Waals surface area contributed by atoms with E-state index in [1.165, 1.54) is 0 Å². The lowest BCUT2D eigenvalue weighted by atomic mass is 9.46. The van der Waals surface area contributed by atoms with Gasteiger partial charge in [-0.05, 0) is 82.5 Å². The van der Waals surface area contributed by atoms with Crippen molar-refractivity contribution in [1.82, 2.24) is 4.90 Å². The predicted molar refractivity (Wildman–Crippen MR) is 122 cm³/mol. The van der Waals surface area contributed by atoms with Crippen LogP contribution in [-0.4, -0.2) is 76.8 Å². The third-order valence-electron chi connectivity index (χ3n) is 9.46. The molecule has 7 heteroatoms. The molecular formula is C25H40N2O5. The summed E-state index contributed by atoms with van der Waals surface area (Å²) in [5.41, 5.74) is -0.158. The molecule has 0 aromatic carbocycles. The fourth-order valence-corrected chi connectivity index (χ4v) is 7.47. The number of allylic oxidation sites excluding steroid dienone is 1. The van der Waals surface area contributed by atoms with Crippen LogP contribution in [0.1, 0.15) is 59.3 Å². The highest BCUT2D eigenvalue weighted by atomic mass is 16.6. The van der Waals surface area contributed by atoms with Crippen LogP contribution in [0.15, 0.2) is 16.8 Å². The summed E-state index contributed by atoms with van der Waals surface area (Å²) in [6, 6.07) is 0. The van der Waals surface area contributed by atoms with E-state index in [1.807, 2.05) is 25.9 Å². The van der Waals surface area contributed by atoms with Gasteiger partial charge >= 0.3 is 0 Å². The highest BCUT2D eigenvalue weighted by molar-refractivity contribution is 5.95. The third kappa shape index (κ3) is 3.47. The van der Waals surface area contributed by atoms with Gasteiger partial charge in [0.05, 0.1) is 23.5 Å². The van der Waals surface area contributed by atoms with Crippen LogP contribution >= 0.6 is 0 Å². The molecule has 180 valence electrons. The van der Waals surface area contributed by atoms with E-state index >= 15 is 0 Å². The lowest BCUT2D eigenvalue weighted by Crippen LogP contribution is -2.60. The number of likely N-dealkylation sites (N-methyl/N-ethyl adjacent to an activating group) is 1. The van der Waals surface area contributed by atoms with Crippen molar-refractivity contribution in [3.05, 3.63) is 11.6 Å². The molecule has 0 bridgehead atoms. The molecule has 0 amide bonds. The van der Waals surface area contributed by atoms with Crippen molar-refractivity contribution in [3.8, 4) is 0 Å². The molecule has 0 aliphatic heterocycles. The van der Waals surface area contributed by atoms with Crippen molar-refractivity contribution in [3.63, 3.8) is 0 Å². The fourth-order valence-electron chi connectivity index (χ4n) is 7.47. The van der Waals surface area contributed by atoms with Gasteiger partial charge in [0.2, 0.25) is 0 Å². The number of fused-ring (bicyclic) bond motifs is 5. The molecule has 0 saturated heterocycles. The molecule has 0 aromatic rings. The summed E-state index contributed by atoms with van der Waals surface area (Å²) in [5, 5.41) is 37.2. The minimum absolute atomic E-state index is 0.0109. The molecule has 0 aromatic heterocycles. The van der Waals surface area contributed by atoms with Crippen molar-refractivity contribution in [1.29, 1.82) is 0 Å². The molecule has 1 unspecified atom stereocenters. The van der Waals surface area contributed by atoms with E-state index in [9.17, 15) is 20.1 Å². The van der Waals surface area contributed by atoms with Gasteiger partial charge in [-0.1, -0.05) is 19.0 Å². The van der Waals surface area contributed by atoms with Gasteiger partial charge in [-0.2, -0.15) is 0 Å². The Balaban J connectivity index is 1.62. The first kappa shape index (κ1) is 23.9. The standard InChI is InChI=1S/C25H40N2O5/c1-15(26-32-11-10-27(4)5)16-7-9-25(31)18-12-20(28)19-13-21(29)22(30)14-23(19,2)17(18)6-8-24(16,25)3/h12,16-17,19,21-22,29-31H,6-11,13-14H2,1-5H3/b26-15+/t16-,17?,19+,21-,22+,23-,24-,25-/m1/s1. The molecule has 32 heavy (non-hydrogen) atoms. The van der Waals surface area contributed by atoms with E-state index in [2.05, 4.69) is 19.0 Å². The van der Waals surface area contributed by atoms with Crippen LogP contribution in [0.25, 0.3) is 0 Å². The third-order valence-corrected chi connectivity index (χ3v) is 9.46. The molecule has 4 aliphatic carbocycles. The van der Waals surface area contributed by atoms with Crippen LogP contribution in [0.2, 0.25) is 0 Å². The molecule has 4 rings (SSSR count). The summed E-state index contributed by atoms with van der Waals surface area (Å²) in [7, 11) is 3.99. The maximum absolute atomic E-state index is 13.2. The fraction of sp³-hybridized carbons (Fsp3) is 0.840. The largest absolute Gasteiger partial charge is 0.394 e. The van der Waals surface area contributed by atoms with E-state index < -0.39 is 28.6 Å². The van der Waals surface area contributed by atoms with Crippen LogP contribution < -0.4 is 0 Å². The lowest BCUT2D eigenvalue weighted by Gasteiger charge is -2.59. The normalized spacial score (nSPS) is 46.4. The van der Waals surface area contributed by atoms with E-state index in [0.29, 0.717) is 25.9 Å². The van der Waals surface area contributed by atoms with Gasteiger partial charge in [-0.3, -0.25) is 4.79 Å². The van der Waals surface area contributed by atoms with E-state index in [0.717, 1.165) is 37.1 Å². The van der Waals surface area contributed by atoms with Crippen molar-refractivity contribution in [2.75, 3.05) is 27.2 Å². The van der Waals surface area contributed by atoms with Crippen molar-refractivity contribution < 1.29 is 25.0 Å². The molecule has 0 heterocycles. The number of carbonyl (C=O) groups is 1. The predicted octanol–water partition coefficient (Wildman–Crippen LogP) is 2.15. The molecular weight excluding hydrogens is 408 g/mol. The molecule has 0 radical (unpaired) electrons. The summed E-state index contributed by atoms with van der Waals surface area (Å²) in [6.45, 7) is 7.51. The SMILES string of the molecule is C/C(=N\OCCN(C)C)[C@H]1CC[C@@]2(O)C3=CC(=O)[C@@H]4C[C@@H](O)[C@@H](O)C[C@]4(C)C3CC[C@]12C. The zero-order valence-electron chi connectivity index (χ0n) is 20.2. The van der Waals surface area contributed by atoms with E-state index in [-0.39, 0.29) is 23.5 Å². The van der Waals surface area contributed by atoms with Crippen LogP contribution in [0, 0.1) is 28.6 Å². The Labute approximate surface area is 191 Å². The first-order valence-corrected chi connectivity index (χ1v) is 12.1. The van der Waals surface area contributed by atoms with Crippen LogP contribution in [-0.2, 0) is 9.63 Å². The summed E-state index contributed by atoms with van der Waals surface area (Å²) in [5.74, 6) is -0.178. The zero-order valence-corrected chi connectivity index (χ0v) is 20.2. The number of nitrogens with zero attached hydrogens (tertiary/aromatic N) is 2. The van der Waals surface area contributed by atoms with Crippen molar-refractivity contribution in [2.24, 2.45) is 33.7 Å². The molecule has 3 saturated carbocycles. The topological polar surface area (TPSA) is 103 Å². The molecule has 7 nitrogen and oxygen atoms in total. The van der Waals surface area contributed by atoms with Gasteiger partial charge in [0.1, 0.15) is 6.61 Å². The minimum atomic E-state index is -1.06. The first-order chi connectivity index (χ1) is 14.9. The Hall–Kier alpha value is -1.28. The number of oxime groups is 1. The maximum atomic E-state index is 13.2. The number of aliphatic hydroxyl groups is 3. The second-order valence-electron chi connectivity index (χ2n) is 11.5. The summed E-state index contributed by atoms with van der Waals surface area (Å²) < 4.78 is 0. The van der Waals surface area contributed by atoms with Gasteiger partial charge in [0.15, 0.2) is 5.78 Å². The van der Waals surface area contributed by atoms with Crippen LogP contribution in [0.4, 0.5) is 0 Å². The molecule has 3 N–H and O–H groups in total. The number of hydrogen-bond acceptors (Lipinski definition) is 7. The monoisotopic (exact) mass is 448 g/mol. The average molecular weight is 449 g/mol. The highest BCUT2D eigenvalue weighted by Gasteiger charge is 2.66. The highest BCUT2D eigenvalue weighted by Crippen LogP contribution is 2.67. The Bertz CT molecular complexity index is 825. The molecule has 8 atom stereocenters. The number of rotatable bonds is 5. The van der Waals surface area contributed by atoms with E-state index in [1.54, 1.807) is 6.08 Å². The molecule has 4 aliphatic rings. The Morgan fingerprint density at radius 3 is 2.59 bits per heavy atom. The zero-order chi connectivity index (χ0) is 23.5. The van der Waals surface area contributed by atoms with Gasteiger partial charge in [0, 0.05) is 23.8 Å². The second kappa shape index (κ2) is 8.19. The van der Waals surface area contributed by atoms with Gasteiger partial charge in [-0.25, -0.2) is 0 Å². The van der Waals surface area contributed by atoms with Gasteiger partial charge in [0.25, 0.3) is 0 Å². The number of aliphatic hydroxyl groups excluding tert-OH is 2. The Morgan fingerprint density at radius 2 is 1.91 bits per heavy atom. The van der Waals surface area contributed by atoms with E-state index in [4.69, 9.17) is 4.84 Å². The molecule has 0 spiro atoms. The minimum Gasteiger partial charge on any atom is -0.394 e. The number of carbonyl (C=O) groups excluding carboxylic acids is 1. The quantitative estimate of drug-likeness (QED) is 0.338. The summed E-state index contributed by atoms with van der Waals surface area (Å²) in [4.78, 5) is 20.8. The van der Waals surface area contributed by atoms with Crippen molar-refractivity contribution >= 4 is 11.5 Å². The molecule has 3 fully saturated rings. The summed E-state index contributed by atoms with van der Waals surface area (Å²) in [6.07, 6.45) is 3.80. The Kier molecular flexibility index (Phi) is 6.11. The van der Waals surface area contributed by atoms with Gasteiger partial charge in [-0.15, -0.1) is 0 Å².